The Balaban J connectivity index is 2.20. The van der Waals surface area contributed by atoms with Crippen molar-refractivity contribution in [1.29, 1.82) is 0 Å². The number of ether oxygens (including phenoxy) is 1. The number of methoxy groups -OCH3 is 1. The molecule has 1 aromatic carbocycles. The monoisotopic (exact) mass is 249 g/mol. The van der Waals surface area contributed by atoms with Gasteiger partial charge in [0.15, 0.2) is 0 Å². The van der Waals surface area contributed by atoms with E-state index in [1.165, 1.54) is 18.2 Å². The number of nitrogens with one attached hydrogen (secondary N) is 1. The molecule has 100 valence electrons. The van der Waals surface area contributed by atoms with Gasteiger partial charge in [-0.25, -0.2) is 0 Å². The van der Waals surface area contributed by atoms with Crippen LogP contribution in [0.25, 0.3) is 0 Å². The molecule has 1 rings (SSSR count). The van der Waals surface area contributed by atoms with Crippen molar-refractivity contribution >= 4 is 5.97 Å². The van der Waals surface area contributed by atoms with Gasteiger partial charge in [-0.1, -0.05) is 29.8 Å². The zero-order valence-corrected chi connectivity index (χ0v) is 11.5. The Bertz CT molecular complexity index is 377. The van der Waals surface area contributed by atoms with Crippen molar-refractivity contribution in [3.05, 3.63) is 35.4 Å². The maximum absolute atomic E-state index is 10.9. The molecule has 0 saturated heterocycles. The van der Waals surface area contributed by atoms with Gasteiger partial charge < -0.3 is 10.1 Å². The van der Waals surface area contributed by atoms with Crippen molar-refractivity contribution in [3.8, 4) is 0 Å². The van der Waals surface area contributed by atoms with E-state index in [1.54, 1.807) is 0 Å². The smallest absolute Gasteiger partial charge is 0.306 e. The summed E-state index contributed by atoms with van der Waals surface area (Å²) in [4.78, 5) is 10.9. The molecule has 0 aliphatic rings. The van der Waals surface area contributed by atoms with E-state index in [0.717, 1.165) is 12.8 Å². The number of rotatable bonds is 7. The summed E-state index contributed by atoms with van der Waals surface area (Å²) < 4.78 is 4.60. The van der Waals surface area contributed by atoms with E-state index in [0.29, 0.717) is 19.0 Å². The summed E-state index contributed by atoms with van der Waals surface area (Å²) >= 11 is 0. The number of benzene rings is 1. The molecule has 1 N–H and O–H groups in total. The Labute approximate surface area is 110 Å². The van der Waals surface area contributed by atoms with Gasteiger partial charge in [0.2, 0.25) is 0 Å². The molecule has 0 heterocycles. The third-order valence-corrected chi connectivity index (χ3v) is 3.00. The van der Waals surface area contributed by atoms with Crippen LogP contribution in [0.1, 0.15) is 30.9 Å². The molecule has 0 fully saturated rings. The van der Waals surface area contributed by atoms with Crippen LogP contribution in [0, 0.1) is 6.92 Å². The molecule has 0 radical (unpaired) electrons. The molecule has 0 aliphatic carbocycles. The summed E-state index contributed by atoms with van der Waals surface area (Å²) in [5.41, 5.74) is 2.68. The molecule has 3 nitrogen and oxygen atoms in total. The molecular weight excluding hydrogens is 226 g/mol. The first kappa shape index (κ1) is 14.7. The highest BCUT2D eigenvalue weighted by molar-refractivity contribution is 5.69. The molecular formula is C15H23NO2. The standard InChI is InChI=1S/C15H23NO2/c1-12-5-4-6-14(11-12)8-7-13(2)16-10-9-15(17)18-3/h4-6,11,13,16H,7-10H2,1-3H3. The van der Waals surface area contributed by atoms with E-state index >= 15 is 0 Å². The fourth-order valence-corrected chi connectivity index (χ4v) is 1.88. The number of carbonyl (C=O) groups excluding carboxylic acids is 1. The molecule has 1 aromatic rings. The molecule has 1 unspecified atom stereocenters. The van der Waals surface area contributed by atoms with Gasteiger partial charge in [0.25, 0.3) is 0 Å². The van der Waals surface area contributed by atoms with Gasteiger partial charge in [-0.3, -0.25) is 4.79 Å². The van der Waals surface area contributed by atoms with E-state index in [1.807, 2.05) is 0 Å². The highest BCUT2D eigenvalue weighted by Crippen LogP contribution is 2.08. The van der Waals surface area contributed by atoms with Crippen LogP contribution in [0.5, 0.6) is 0 Å². The minimum Gasteiger partial charge on any atom is -0.469 e. The second-order valence-electron chi connectivity index (χ2n) is 4.71. The largest absolute Gasteiger partial charge is 0.469 e. The third-order valence-electron chi connectivity index (χ3n) is 3.00. The van der Waals surface area contributed by atoms with Crippen molar-refractivity contribution in [1.82, 2.24) is 5.32 Å². The van der Waals surface area contributed by atoms with Crippen LogP contribution in [-0.4, -0.2) is 25.7 Å². The van der Waals surface area contributed by atoms with E-state index in [9.17, 15) is 4.79 Å². The summed E-state index contributed by atoms with van der Waals surface area (Å²) in [6, 6.07) is 9.01. The van der Waals surface area contributed by atoms with Gasteiger partial charge >= 0.3 is 5.97 Å². The lowest BCUT2D eigenvalue weighted by Crippen LogP contribution is -2.29. The van der Waals surface area contributed by atoms with Gasteiger partial charge in [0.1, 0.15) is 0 Å². The minimum atomic E-state index is -0.159. The van der Waals surface area contributed by atoms with E-state index < -0.39 is 0 Å². The Hall–Kier alpha value is -1.35. The van der Waals surface area contributed by atoms with Crippen LogP contribution in [0.3, 0.4) is 0 Å². The highest BCUT2D eigenvalue weighted by Gasteiger charge is 2.04. The van der Waals surface area contributed by atoms with Crippen LogP contribution in [0.4, 0.5) is 0 Å². The molecule has 0 spiro atoms. The number of hydrogen-bond donors (Lipinski definition) is 1. The predicted octanol–water partition coefficient (Wildman–Crippen LogP) is 2.47. The summed E-state index contributed by atoms with van der Waals surface area (Å²) in [5.74, 6) is -0.159. The average Bonchev–Trinajstić information content (AvgIpc) is 2.36. The fraction of sp³-hybridized carbons (Fsp3) is 0.533. The minimum absolute atomic E-state index is 0.159. The zero-order valence-electron chi connectivity index (χ0n) is 11.5. The third kappa shape index (κ3) is 5.82. The van der Waals surface area contributed by atoms with E-state index in [-0.39, 0.29) is 5.97 Å². The van der Waals surface area contributed by atoms with Crippen LogP contribution in [0.15, 0.2) is 24.3 Å². The van der Waals surface area contributed by atoms with Crippen LogP contribution >= 0.6 is 0 Å². The second-order valence-corrected chi connectivity index (χ2v) is 4.71. The normalized spacial score (nSPS) is 12.2. The second kappa shape index (κ2) is 7.88. The molecule has 3 heteroatoms. The van der Waals surface area contributed by atoms with Crippen molar-refractivity contribution in [3.63, 3.8) is 0 Å². The Kier molecular flexibility index (Phi) is 6.44. The lowest BCUT2D eigenvalue weighted by Gasteiger charge is -2.13. The van der Waals surface area contributed by atoms with Gasteiger partial charge in [0, 0.05) is 12.6 Å². The Morgan fingerprint density at radius 1 is 1.44 bits per heavy atom. The quantitative estimate of drug-likeness (QED) is 0.754. The maximum Gasteiger partial charge on any atom is 0.306 e. The van der Waals surface area contributed by atoms with Crippen LogP contribution in [0.2, 0.25) is 0 Å². The van der Waals surface area contributed by atoms with E-state index in [2.05, 4.69) is 48.2 Å². The van der Waals surface area contributed by atoms with Crippen molar-refractivity contribution < 1.29 is 9.53 Å². The van der Waals surface area contributed by atoms with Gasteiger partial charge in [0.05, 0.1) is 13.5 Å². The first-order chi connectivity index (χ1) is 8.61. The Morgan fingerprint density at radius 3 is 2.89 bits per heavy atom. The lowest BCUT2D eigenvalue weighted by molar-refractivity contribution is -0.140. The molecule has 0 amide bonds. The first-order valence-electron chi connectivity index (χ1n) is 6.47. The molecule has 0 aliphatic heterocycles. The first-order valence-corrected chi connectivity index (χ1v) is 6.47. The maximum atomic E-state index is 10.9. The van der Waals surface area contributed by atoms with Crippen LogP contribution < -0.4 is 5.32 Å². The highest BCUT2D eigenvalue weighted by atomic mass is 16.5. The van der Waals surface area contributed by atoms with Crippen molar-refractivity contribution in [2.24, 2.45) is 0 Å². The Morgan fingerprint density at radius 2 is 2.22 bits per heavy atom. The number of carbonyl (C=O) groups is 1. The SMILES string of the molecule is COC(=O)CCNC(C)CCc1cccc(C)c1. The van der Waals surface area contributed by atoms with E-state index in [4.69, 9.17) is 0 Å². The summed E-state index contributed by atoms with van der Waals surface area (Å²) in [5, 5.41) is 3.33. The molecule has 0 saturated carbocycles. The summed E-state index contributed by atoms with van der Waals surface area (Å²) in [6.45, 7) is 4.94. The van der Waals surface area contributed by atoms with Gasteiger partial charge in [-0.05, 0) is 32.3 Å². The fourth-order valence-electron chi connectivity index (χ4n) is 1.88. The zero-order chi connectivity index (χ0) is 13.4. The number of hydrogen-bond acceptors (Lipinski definition) is 3. The number of esters is 1. The van der Waals surface area contributed by atoms with Crippen LogP contribution in [-0.2, 0) is 16.0 Å². The summed E-state index contributed by atoms with van der Waals surface area (Å²) in [7, 11) is 1.42. The van der Waals surface area contributed by atoms with Crippen molar-refractivity contribution in [2.45, 2.75) is 39.2 Å². The molecule has 0 aromatic heterocycles. The number of aryl methyl sites for hydroxylation is 2. The molecule has 18 heavy (non-hydrogen) atoms. The topological polar surface area (TPSA) is 38.3 Å². The predicted molar refractivity (Wildman–Crippen MR) is 73.6 cm³/mol. The molecule has 0 bridgehead atoms. The van der Waals surface area contributed by atoms with Gasteiger partial charge in [-0.15, -0.1) is 0 Å². The summed E-state index contributed by atoms with van der Waals surface area (Å²) in [6.07, 6.45) is 2.57. The average molecular weight is 249 g/mol. The lowest BCUT2D eigenvalue weighted by atomic mass is 10.0. The molecule has 1 atom stereocenters. The van der Waals surface area contributed by atoms with Crippen molar-refractivity contribution in [2.75, 3.05) is 13.7 Å². The van der Waals surface area contributed by atoms with Gasteiger partial charge in [-0.2, -0.15) is 0 Å².